The number of para-hydroxylation sites is 1. The monoisotopic (exact) mass is 517 g/mol. The standard InChI is InChI=1S/C29H32FN5O3/c1-6-38-22-15-12-20(13-16-22)27(28(37)31-29(3,4)5)35(21-14-11-19(2)23(30)17-21)26(36)18-34-25-10-8-7-9-24(25)32-33-34/h7-17,27H,6,18H2,1-5H3,(H,31,37)/t27-/m1/s1. The van der Waals surface area contributed by atoms with Gasteiger partial charge in [-0.2, -0.15) is 0 Å². The number of carbonyl (C=O) groups is 2. The molecule has 1 aromatic heterocycles. The fourth-order valence-electron chi connectivity index (χ4n) is 4.18. The number of aromatic nitrogens is 3. The molecule has 0 saturated heterocycles. The summed E-state index contributed by atoms with van der Waals surface area (Å²) in [5.41, 5.74) is 1.98. The molecule has 0 fully saturated rings. The number of nitrogens with one attached hydrogen (secondary N) is 1. The molecule has 4 rings (SSSR count). The van der Waals surface area contributed by atoms with Crippen molar-refractivity contribution in [1.29, 1.82) is 0 Å². The molecular formula is C29H32FN5O3. The van der Waals surface area contributed by atoms with Crippen molar-refractivity contribution in [2.45, 2.75) is 52.7 Å². The summed E-state index contributed by atoms with van der Waals surface area (Å²) in [6, 6.07) is 17.7. The van der Waals surface area contributed by atoms with Gasteiger partial charge in [0, 0.05) is 11.2 Å². The van der Waals surface area contributed by atoms with Gasteiger partial charge in [0.15, 0.2) is 0 Å². The van der Waals surface area contributed by atoms with E-state index in [1.165, 1.54) is 15.6 Å². The van der Waals surface area contributed by atoms with Crippen LogP contribution in [0.2, 0.25) is 0 Å². The van der Waals surface area contributed by atoms with Crippen molar-refractivity contribution < 1.29 is 18.7 Å². The zero-order valence-electron chi connectivity index (χ0n) is 22.2. The number of fused-ring (bicyclic) bond motifs is 1. The summed E-state index contributed by atoms with van der Waals surface area (Å²) in [5, 5.41) is 11.3. The molecule has 0 saturated carbocycles. The molecule has 0 aliphatic carbocycles. The van der Waals surface area contributed by atoms with Crippen molar-refractivity contribution in [3.8, 4) is 5.75 Å². The smallest absolute Gasteiger partial charge is 0.249 e. The third-order valence-corrected chi connectivity index (χ3v) is 5.92. The Hall–Kier alpha value is -4.27. The molecule has 1 heterocycles. The molecule has 1 N–H and O–H groups in total. The first-order valence-electron chi connectivity index (χ1n) is 12.5. The molecule has 0 unspecified atom stereocenters. The van der Waals surface area contributed by atoms with E-state index in [-0.39, 0.29) is 12.2 Å². The Bertz CT molecular complexity index is 1440. The number of ether oxygens (including phenoxy) is 1. The van der Waals surface area contributed by atoms with Crippen molar-refractivity contribution in [1.82, 2.24) is 20.3 Å². The fourth-order valence-corrected chi connectivity index (χ4v) is 4.18. The molecule has 3 aromatic carbocycles. The van der Waals surface area contributed by atoms with Crippen molar-refractivity contribution in [3.05, 3.63) is 83.7 Å². The lowest BCUT2D eigenvalue weighted by atomic mass is 10.00. The minimum absolute atomic E-state index is 0.202. The van der Waals surface area contributed by atoms with Crippen LogP contribution >= 0.6 is 0 Å². The summed E-state index contributed by atoms with van der Waals surface area (Å²) in [5.74, 6) is -0.695. The molecule has 198 valence electrons. The Morgan fingerprint density at radius 3 is 2.45 bits per heavy atom. The van der Waals surface area contributed by atoms with Gasteiger partial charge >= 0.3 is 0 Å². The maximum Gasteiger partial charge on any atom is 0.249 e. The zero-order valence-corrected chi connectivity index (χ0v) is 22.2. The van der Waals surface area contributed by atoms with Crippen LogP contribution in [0.3, 0.4) is 0 Å². The number of carbonyl (C=O) groups excluding carboxylic acids is 2. The summed E-state index contributed by atoms with van der Waals surface area (Å²) >= 11 is 0. The van der Waals surface area contributed by atoms with Crippen LogP contribution in [0.15, 0.2) is 66.7 Å². The van der Waals surface area contributed by atoms with E-state index < -0.39 is 29.2 Å². The van der Waals surface area contributed by atoms with Gasteiger partial charge in [0.05, 0.1) is 12.1 Å². The number of amides is 2. The van der Waals surface area contributed by atoms with Gasteiger partial charge in [-0.25, -0.2) is 9.07 Å². The summed E-state index contributed by atoms with van der Waals surface area (Å²) in [7, 11) is 0. The molecule has 0 aliphatic rings. The van der Waals surface area contributed by atoms with E-state index in [4.69, 9.17) is 4.74 Å². The Labute approximate surface area is 221 Å². The molecule has 0 spiro atoms. The van der Waals surface area contributed by atoms with Crippen LogP contribution in [-0.2, 0) is 16.1 Å². The number of hydrogen-bond donors (Lipinski definition) is 1. The first-order chi connectivity index (χ1) is 18.1. The van der Waals surface area contributed by atoms with Crippen molar-refractivity contribution in [2.24, 2.45) is 0 Å². The number of benzene rings is 3. The van der Waals surface area contributed by atoms with Crippen molar-refractivity contribution >= 4 is 28.5 Å². The van der Waals surface area contributed by atoms with Crippen molar-refractivity contribution in [3.63, 3.8) is 0 Å². The number of nitrogens with zero attached hydrogens (tertiary/aromatic N) is 4. The highest BCUT2D eigenvalue weighted by atomic mass is 19.1. The molecule has 1 atom stereocenters. The second-order valence-corrected chi connectivity index (χ2v) is 10.1. The number of anilines is 1. The quantitative estimate of drug-likeness (QED) is 0.357. The third-order valence-electron chi connectivity index (χ3n) is 5.92. The maximum atomic E-state index is 14.8. The van der Waals surface area contributed by atoms with Crippen LogP contribution in [0.25, 0.3) is 11.0 Å². The topological polar surface area (TPSA) is 89.4 Å². The van der Waals surface area contributed by atoms with Crippen LogP contribution in [0.5, 0.6) is 5.75 Å². The number of hydrogen-bond acceptors (Lipinski definition) is 5. The summed E-state index contributed by atoms with van der Waals surface area (Å²) in [6.45, 7) is 9.40. The second-order valence-electron chi connectivity index (χ2n) is 10.1. The molecule has 0 radical (unpaired) electrons. The lowest BCUT2D eigenvalue weighted by Gasteiger charge is -2.34. The first-order valence-corrected chi connectivity index (χ1v) is 12.5. The van der Waals surface area contributed by atoms with E-state index in [0.29, 0.717) is 34.5 Å². The Kier molecular flexibility index (Phi) is 7.75. The third kappa shape index (κ3) is 5.99. The average molecular weight is 518 g/mol. The van der Waals surface area contributed by atoms with Gasteiger partial charge < -0.3 is 10.1 Å². The number of aryl methyl sites for hydroxylation is 1. The highest BCUT2D eigenvalue weighted by Crippen LogP contribution is 2.31. The van der Waals surface area contributed by atoms with Crippen LogP contribution in [-0.4, -0.2) is 39.0 Å². The fraction of sp³-hybridized carbons (Fsp3) is 0.310. The van der Waals surface area contributed by atoms with E-state index in [2.05, 4.69) is 15.6 Å². The lowest BCUT2D eigenvalue weighted by Crippen LogP contribution is -2.50. The molecule has 0 aliphatic heterocycles. The molecule has 2 amide bonds. The normalized spacial score (nSPS) is 12.3. The number of halogens is 1. The summed E-state index contributed by atoms with van der Waals surface area (Å²) in [4.78, 5) is 29.1. The predicted octanol–water partition coefficient (Wildman–Crippen LogP) is 4.97. The van der Waals surface area contributed by atoms with Crippen LogP contribution in [0, 0.1) is 12.7 Å². The molecular weight excluding hydrogens is 485 g/mol. The largest absolute Gasteiger partial charge is 0.494 e. The predicted molar refractivity (Wildman–Crippen MR) is 144 cm³/mol. The van der Waals surface area contributed by atoms with Gasteiger partial charge in [0.25, 0.3) is 0 Å². The number of rotatable bonds is 8. The van der Waals surface area contributed by atoms with Gasteiger partial charge in [0.2, 0.25) is 11.8 Å². The molecule has 9 heteroatoms. The van der Waals surface area contributed by atoms with Gasteiger partial charge in [0.1, 0.15) is 29.7 Å². The van der Waals surface area contributed by atoms with E-state index in [0.717, 1.165) is 0 Å². The Morgan fingerprint density at radius 2 is 1.79 bits per heavy atom. The molecule has 8 nitrogen and oxygen atoms in total. The minimum Gasteiger partial charge on any atom is -0.494 e. The van der Waals surface area contributed by atoms with Crippen LogP contribution in [0.1, 0.15) is 44.9 Å². The average Bonchev–Trinajstić information content (AvgIpc) is 3.26. The van der Waals surface area contributed by atoms with Crippen molar-refractivity contribution in [2.75, 3.05) is 11.5 Å². The summed E-state index contributed by atoms with van der Waals surface area (Å²) < 4.78 is 21.8. The maximum absolute atomic E-state index is 14.8. The van der Waals surface area contributed by atoms with Gasteiger partial charge in [-0.05, 0) is 82.1 Å². The minimum atomic E-state index is -1.09. The second kappa shape index (κ2) is 11.0. The SMILES string of the molecule is CCOc1ccc([C@H](C(=O)NC(C)(C)C)N(C(=O)Cn2nnc3ccccc32)c2ccc(C)c(F)c2)cc1. The van der Waals surface area contributed by atoms with Gasteiger partial charge in [-0.15, -0.1) is 5.10 Å². The Morgan fingerprint density at radius 1 is 1.08 bits per heavy atom. The lowest BCUT2D eigenvalue weighted by molar-refractivity contribution is -0.128. The van der Waals surface area contributed by atoms with Crippen LogP contribution in [0.4, 0.5) is 10.1 Å². The van der Waals surface area contributed by atoms with Gasteiger partial charge in [-0.1, -0.05) is 35.5 Å². The zero-order chi connectivity index (χ0) is 27.4. The Balaban J connectivity index is 1.83. The first kappa shape index (κ1) is 26.8. The van der Waals surface area contributed by atoms with E-state index >= 15 is 0 Å². The van der Waals surface area contributed by atoms with E-state index in [1.54, 1.807) is 49.4 Å². The van der Waals surface area contributed by atoms with E-state index in [1.807, 2.05) is 45.9 Å². The molecule has 4 aromatic rings. The highest BCUT2D eigenvalue weighted by molar-refractivity contribution is 6.01. The molecule has 0 bridgehead atoms. The van der Waals surface area contributed by atoms with Gasteiger partial charge in [-0.3, -0.25) is 14.5 Å². The summed E-state index contributed by atoms with van der Waals surface area (Å²) in [6.07, 6.45) is 0. The van der Waals surface area contributed by atoms with Crippen LogP contribution < -0.4 is 15.0 Å². The highest BCUT2D eigenvalue weighted by Gasteiger charge is 2.35. The molecule has 38 heavy (non-hydrogen) atoms. The van der Waals surface area contributed by atoms with E-state index in [9.17, 15) is 14.0 Å².